The Morgan fingerprint density at radius 3 is 2.43 bits per heavy atom. The lowest BCUT2D eigenvalue weighted by molar-refractivity contribution is -0.139. The summed E-state index contributed by atoms with van der Waals surface area (Å²) in [4.78, 5) is 12.1. The van der Waals surface area contributed by atoms with Crippen molar-refractivity contribution in [3.8, 4) is 5.69 Å². The lowest BCUT2D eigenvalue weighted by Crippen LogP contribution is -2.16. The van der Waals surface area contributed by atoms with E-state index in [-0.39, 0.29) is 24.4 Å². The summed E-state index contributed by atoms with van der Waals surface area (Å²) in [5.41, 5.74) is 3.24. The quantitative estimate of drug-likeness (QED) is 0.510. The van der Waals surface area contributed by atoms with Gasteiger partial charge < -0.3 is 9.47 Å². The van der Waals surface area contributed by atoms with Gasteiger partial charge in [0.2, 0.25) is 0 Å². The summed E-state index contributed by atoms with van der Waals surface area (Å²) < 4.78 is 13.4. The number of carbonyl (C=O) groups excluding carboxylic acids is 1. The predicted octanol–water partition coefficient (Wildman–Crippen LogP) is 4.24. The summed E-state index contributed by atoms with van der Waals surface area (Å²) in [7, 11) is 3.04. The minimum Gasteiger partial charge on any atom is -0.469 e. The SMILES string of the molecule is COC(=O)Cc1c([C@H](C)[C@@H](OC)c2ccccc2Br)nnn1-c1ccccc1. The summed E-state index contributed by atoms with van der Waals surface area (Å²) in [5.74, 6) is -0.483. The molecule has 0 aliphatic rings. The van der Waals surface area contributed by atoms with Crippen molar-refractivity contribution in [2.75, 3.05) is 14.2 Å². The third kappa shape index (κ3) is 4.15. The number of nitrogens with zero attached hydrogens (tertiary/aromatic N) is 3. The van der Waals surface area contributed by atoms with Crippen molar-refractivity contribution in [1.29, 1.82) is 0 Å². The van der Waals surface area contributed by atoms with Crippen LogP contribution in [0.2, 0.25) is 0 Å². The number of carbonyl (C=O) groups is 1. The van der Waals surface area contributed by atoms with Crippen LogP contribution in [0.4, 0.5) is 0 Å². The van der Waals surface area contributed by atoms with Gasteiger partial charge in [-0.05, 0) is 23.8 Å². The van der Waals surface area contributed by atoms with Gasteiger partial charge in [-0.25, -0.2) is 4.68 Å². The van der Waals surface area contributed by atoms with Crippen LogP contribution >= 0.6 is 15.9 Å². The van der Waals surface area contributed by atoms with Crippen LogP contribution in [0, 0.1) is 0 Å². The van der Waals surface area contributed by atoms with E-state index in [9.17, 15) is 4.79 Å². The topological polar surface area (TPSA) is 66.2 Å². The normalized spacial score (nSPS) is 13.1. The smallest absolute Gasteiger partial charge is 0.311 e. The first-order valence-electron chi connectivity index (χ1n) is 8.90. The fourth-order valence-corrected chi connectivity index (χ4v) is 3.78. The molecule has 6 nitrogen and oxygen atoms in total. The van der Waals surface area contributed by atoms with Crippen molar-refractivity contribution in [3.63, 3.8) is 0 Å². The molecule has 1 heterocycles. The summed E-state index contributed by atoms with van der Waals surface area (Å²) >= 11 is 3.60. The molecule has 0 N–H and O–H groups in total. The molecule has 28 heavy (non-hydrogen) atoms. The van der Waals surface area contributed by atoms with Crippen LogP contribution in [0.25, 0.3) is 5.69 Å². The molecule has 0 aliphatic carbocycles. The second kappa shape index (κ2) is 9.12. The van der Waals surface area contributed by atoms with Crippen molar-refractivity contribution >= 4 is 21.9 Å². The Kier molecular flexibility index (Phi) is 6.59. The van der Waals surface area contributed by atoms with E-state index in [2.05, 4.69) is 26.2 Å². The number of hydrogen-bond acceptors (Lipinski definition) is 5. The first kappa shape index (κ1) is 20.2. The third-order valence-corrected chi connectivity index (χ3v) is 5.41. The maximum absolute atomic E-state index is 12.1. The number of benzene rings is 2. The van der Waals surface area contributed by atoms with Crippen molar-refractivity contribution < 1.29 is 14.3 Å². The lowest BCUT2D eigenvalue weighted by Gasteiger charge is -2.23. The highest BCUT2D eigenvalue weighted by Crippen LogP contribution is 2.37. The molecule has 0 unspecified atom stereocenters. The number of rotatable bonds is 7. The van der Waals surface area contributed by atoms with E-state index in [0.717, 1.165) is 15.7 Å². The number of esters is 1. The van der Waals surface area contributed by atoms with Crippen molar-refractivity contribution in [2.45, 2.75) is 25.4 Å². The second-order valence-corrected chi connectivity index (χ2v) is 7.24. The maximum Gasteiger partial charge on any atom is 0.311 e. The Labute approximate surface area is 172 Å². The van der Waals surface area contributed by atoms with Crippen molar-refractivity contribution in [1.82, 2.24) is 15.0 Å². The minimum absolute atomic E-state index is 0.0739. The van der Waals surface area contributed by atoms with Gasteiger partial charge in [-0.3, -0.25) is 4.79 Å². The Hall–Kier alpha value is -2.51. The zero-order chi connectivity index (χ0) is 20.1. The molecule has 146 valence electrons. The van der Waals surface area contributed by atoms with Gasteiger partial charge in [0, 0.05) is 17.5 Å². The molecule has 3 rings (SSSR count). The average Bonchev–Trinajstić information content (AvgIpc) is 3.13. The number of hydrogen-bond donors (Lipinski definition) is 0. The van der Waals surface area contributed by atoms with Gasteiger partial charge in [-0.2, -0.15) is 0 Å². The molecule has 7 heteroatoms. The molecule has 0 spiro atoms. The van der Waals surface area contributed by atoms with Crippen LogP contribution in [-0.2, 0) is 20.7 Å². The Bertz CT molecular complexity index is 943. The third-order valence-electron chi connectivity index (χ3n) is 4.68. The van der Waals surface area contributed by atoms with Crippen LogP contribution < -0.4 is 0 Å². The highest BCUT2D eigenvalue weighted by atomic mass is 79.9. The van der Waals surface area contributed by atoms with Gasteiger partial charge in [0.1, 0.15) is 0 Å². The highest BCUT2D eigenvalue weighted by molar-refractivity contribution is 9.10. The van der Waals surface area contributed by atoms with E-state index in [4.69, 9.17) is 9.47 Å². The summed E-state index contributed by atoms with van der Waals surface area (Å²) in [5, 5.41) is 8.73. The van der Waals surface area contributed by atoms with Gasteiger partial charge in [0.15, 0.2) is 0 Å². The van der Waals surface area contributed by atoms with E-state index >= 15 is 0 Å². The number of halogens is 1. The molecule has 0 radical (unpaired) electrons. The molecule has 0 amide bonds. The van der Waals surface area contributed by atoms with Crippen LogP contribution in [0.5, 0.6) is 0 Å². The van der Waals surface area contributed by atoms with Crippen molar-refractivity contribution in [2.24, 2.45) is 0 Å². The number of aromatic nitrogens is 3. The second-order valence-electron chi connectivity index (χ2n) is 6.39. The van der Waals surface area contributed by atoms with Gasteiger partial charge in [-0.1, -0.05) is 64.5 Å². The number of para-hydroxylation sites is 1. The molecule has 0 saturated heterocycles. The lowest BCUT2D eigenvalue weighted by atomic mass is 9.92. The first-order chi connectivity index (χ1) is 13.6. The molecule has 0 saturated carbocycles. The number of methoxy groups -OCH3 is 2. The van der Waals surface area contributed by atoms with Crippen LogP contribution in [0.15, 0.2) is 59.1 Å². The molecule has 2 aromatic carbocycles. The zero-order valence-electron chi connectivity index (χ0n) is 16.0. The van der Waals surface area contributed by atoms with E-state index in [0.29, 0.717) is 11.4 Å². The first-order valence-corrected chi connectivity index (χ1v) is 9.70. The van der Waals surface area contributed by atoms with Gasteiger partial charge in [0.05, 0.1) is 36.7 Å². The molecule has 0 bridgehead atoms. The molecule has 0 aliphatic heterocycles. The van der Waals surface area contributed by atoms with Gasteiger partial charge >= 0.3 is 5.97 Å². The van der Waals surface area contributed by atoms with E-state index in [1.165, 1.54) is 7.11 Å². The molecular weight excluding hydrogens is 422 g/mol. The predicted molar refractivity (Wildman–Crippen MR) is 109 cm³/mol. The molecule has 3 aromatic rings. The Balaban J connectivity index is 2.06. The molecule has 0 fully saturated rings. The van der Waals surface area contributed by atoms with Crippen LogP contribution in [0.3, 0.4) is 0 Å². The molecule has 1 aromatic heterocycles. The Morgan fingerprint density at radius 2 is 1.79 bits per heavy atom. The fraction of sp³-hybridized carbons (Fsp3) is 0.286. The summed E-state index contributed by atoms with van der Waals surface area (Å²) in [6.07, 6.45) is -0.183. The monoisotopic (exact) mass is 443 g/mol. The van der Waals surface area contributed by atoms with E-state index < -0.39 is 0 Å². The van der Waals surface area contributed by atoms with Crippen LogP contribution in [-0.4, -0.2) is 35.2 Å². The summed E-state index contributed by atoms with van der Waals surface area (Å²) in [6, 6.07) is 17.5. The fourth-order valence-electron chi connectivity index (χ4n) is 3.27. The van der Waals surface area contributed by atoms with Gasteiger partial charge in [0.25, 0.3) is 0 Å². The van der Waals surface area contributed by atoms with E-state index in [1.54, 1.807) is 11.8 Å². The molecule has 2 atom stereocenters. The average molecular weight is 444 g/mol. The van der Waals surface area contributed by atoms with Crippen LogP contribution in [0.1, 0.15) is 35.9 Å². The van der Waals surface area contributed by atoms with E-state index in [1.807, 2.05) is 61.5 Å². The van der Waals surface area contributed by atoms with Gasteiger partial charge in [-0.15, -0.1) is 5.10 Å². The highest BCUT2D eigenvalue weighted by Gasteiger charge is 2.29. The standard InChI is InChI=1S/C21H22BrN3O3/c1-14(21(28-3)16-11-7-8-12-17(16)22)20-18(13-19(26)27-2)25(24-23-20)15-9-5-4-6-10-15/h4-12,14,21H,13H2,1-3H3/t14-,21+/m0/s1. The Morgan fingerprint density at radius 1 is 1.11 bits per heavy atom. The largest absolute Gasteiger partial charge is 0.469 e. The van der Waals surface area contributed by atoms with Crippen molar-refractivity contribution in [3.05, 3.63) is 76.0 Å². The maximum atomic E-state index is 12.1. The zero-order valence-corrected chi connectivity index (χ0v) is 17.6. The summed E-state index contributed by atoms with van der Waals surface area (Å²) in [6.45, 7) is 2.02. The number of ether oxygens (including phenoxy) is 2. The molecular formula is C21H22BrN3O3. The minimum atomic E-state index is -0.345.